The van der Waals surface area contributed by atoms with Crippen molar-refractivity contribution in [3.05, 3.63) is 77.0 Å². The summed E-state index contributed by atoms with van der Waals surface area (Å²) in [7, 11) is 0. The number of carbonyl (C=O) groups excluding carboxylic acids is 2. The Morgan fingerprint density at radius 3 is 2.70 bits per heavy atom. The molecule has 3 aromatic rings. The number of rotatable bonds is 6. The van der Waals surface area contributed by atoms with Crippen LogP contribution in [0.15, 0.2) is 53.1 Å². The average Bonchev–Trinajstić information content (AvgIpc) is 3.49. The van der Waals surface area contributed by atoms with E-state index in [4.69, 9.17) is 4.42 Å². The molecule has 3 heterocycles. The first kappa shape index (κ1) is 19.9. The lowest BCUT2D eigenvalue weighted by molar-refractivity contribution is -0.125. The Balaban J connectivity index is 1.42. The highest BCUT2D eigenvalue weighted by Gasteiger charge is 2.35. The summed E-state index contributed by atoms with van der Waals surface area (Å²) in [5.74, 6) is -0.105. The molecule has 1 aromatic carbocycles. The molecule has 2 amide bonds. The third-order valence-corrected chi connectivity index (χ3v) is 5.69. The maximum atomic E-state index is 12.9. The second-order valence-electron chi connectivity index (χ2n) is 7.64. The zero-order valence-corrected chi connectivity index (χ0v) is 17.3. The summed E-state index contributed by atoms with van der Waals surface area (Å²) in [5.41, 5.74) is 4.13. The predicted molar refractivity (Wildman–Crippen MR) is 112 cm³/mol. The summed E-state index contributed by atoms with van der Waals surface area (Å²) in [6, 6.07) is 13.0. The lowest BCUT2D eigenvalue weighted by atomic mass is 10.1. The second kappa shape index (κ2) is 8.57. The summed E-state index contributed by atoms with van der Waals surface area (Å²) in [6.07, 6.45) is 2.93. The predicted octanol–water partition coefficient (Wildman–Crippen LogP) is 3.06. The van der Waals surface area contributed by atoms with Gasteiger partial charge in [0, 0.05) is 24.3 Å². The molecular formula is C23H26N4O3. The van der Waals surface area contributed by atoms with Gasteiger partial charge in [0.1, 0.15) is 6.04 Å². The smallest absolute Gasteiger partial charge is 0.290 e. The van der Waals surface area contributed by atoms with Crippen molar-refractivity contribution in [2.24, 2.45) is 0 Å². The maximum Gasteiger partial charge on any atom is 0.290 e. The second-order valence-corrected chi connectivity index (χ2v) is 7.64. The molecule has 30 heavy (non-hydrogen) atoms. The number of hydrogen-bond acceptors (Lipinski definition) is 4. The van der Waals surface area contributed by atoms with Gasteiger partial charge in [-0.05, 0) is 44.4 Å². The van der Waals surface area contributed by atoms with Gasteiger partial charge in [-0.25, -0.2) is 0 Å². The van der Waals surface area contributed by atoms with E-state index in [1.165, 1.54) is 11.8 Å². The van der Waals surface area contributed by atoms with Crippen molar-refractivity contribution < 1.29 is 14.0 Å². The summed E-state index contributed by atoms with van der Waals surface area (Å²) in [5, 5.41) is 7.66. The van der Waals surface area contributed by atoms with Crippen LogP contribution in [0.5, 0.6) is 0 Å². The molecule has 7 heteroatoms. The molecule has 0 bridgehead atoms. The molecule has 1 aliphatic heterocycles. The minimum absolute atomic E-state index is 0.137. The topological polar surface area (TPSA) is 80.4 Å². The first-order valence-electron chi connectivity index (χ1n) is 10.2. The standard InChI is InChI=1S/C23H26N4O3/c1-16-19(17(2)27(25-16)15-18-8-4-3-5-9-18)14-24-22(28)20-10-6-12-26(20)23(29)21-11-7-13-30-21/h3-5,7-9,11,13,20H,6,10,12,14-15H2,1-2H3,(H,24,28)/t20-/m0/s1. The Hall–Kier alpha value is -3.35. The molecule has 2 aromatic heterocycles. The van der Waals surface area contributed by atoms with Gasteiger partial charge >= 0.3 is 0 Å². The third kappa shape index (κ3) is 4.01. The Labute approximate surface area is 175 Å². The number of hydrogen-bond donors (Lipinski definition) is 1. The number of furan rings is 1. The monoisotopic (exact) mass is 406 g/mol. The fraction of sp³-hybridized carbons (Fsp3) is 0.348. The van der Waals surface area contributed by atoms with Crippen LogP contribution in [-0.4, -0.2) is 39.1 Å². The molecule has 7 nitrogen and oxygen atoms in total. The number of aryl methyl sites for hydroxylation is 1. The van der Waals surface area contributed by atoms with E-state index in [0.717, 1.165) is 23.4 Å². The van der Waals surface area contributed by atoms with E-state index in [-0.39, 0.29) is 17.6 Å². The number of likely N-dealkylation sites (tertiary alicyclic amines) is 1. The number of benzene rings is 1. The average molecular weight is 406 g/mol. The molecule has 4 rings (SSSR count). The molecule has 1 atom stereocenters. The molecule has 0 aliphatic carbocycles. The minimum atomic E-state index is -0.470. The Kier molecular flexibility index (Phi) is 5.70. The van der Waals surface area contributed by atoms with Gasteiger partial charge < -0.3 is 14.6 Å². The van der Waals surface area contributed by atoms with Gasteiger partial charge in [-0.1, -0.05) is 30.3 Å². The first-order valence-corrected chi connectivity index (χ1v) is 10.2. The quantitative estimate of drug-likeness (QED) is 0.682. The van der Waals surface area contributed by atoms with Crippen molar-refractivity contribution >= 4 is 11.8 Å². The van der Waals surface area contributed by atoms with Crippen molar-refractivity contribution in [2.75, 3.05) is 6.54 Å². The van der Waals surface area contributed by atoms with E-state index < -0.39 is 6.04 Å². The van der Waals surface area contributed by atoms with E-state index in [9.17, 15) is 9.59 Å². The number of carbonyl (C=O) groups is 2. The van der Waals surface area contributed by atoms with Crippen LogP contribution < -0.4 is 5.32 Å². The molecule has 0 unspecified atom stereocenters. The molecule has 0 spiro atoms. The molecule has 156 valence electrons. The van der Waals surface area contributed by atoms with Crippen LogP contribution in [0.1, 0.15) is 45.9 Å². The van der Waals surface area contributed by atoms with Gasteiger partial charge in [-0.2, -0.15) is 5.10 Å². The van der Waals surface area contributed by atoms with Crippen LogP contribution in [0.2, 0.25) is 0 Å². The number of nitrogens with zero attached hydrogens (tertiary/aromatic N) is 3. The van der Waals surface area contributed by atoms with Crippen LogP contribution in [0.25, 0.3) is 0 Å². The summed E-state index contributed by atoms with van der Waals surface area (Å²) < 4.78 is 7.18. The number of amides is 2. The van der Waals surface area contributed by atoms with Crippen molar-refractivity contribution in [1.82, 2.24) is 20.0 Å². The SMILES string of the molecule is Cc1nn(Cc2ccccc2)c(C)c1CNC(=O)[C@@H]1CCCN1C(=O)c1ccco1. The van der Waals surface area contributed by atoms with Crippen LogP contribution in [-0.2, 0) is 17.9 Å². The van der Waals surface area contributed by atoms with E-state index in [0.29, 0.717) is 26.1 Å². The van der Waals surface area contributed by atoms with Crippen molar-refractivity contribution in [1.29, 1.82) is 0 Å². The van der Waals surface area contributed by atoms with Crippen molar-refractivity contribution in [3.8, 4) is 0 Å². The Morgan fingerprint density at radius 2 is 1.97 bits per heavy atom. The van der Waals surface area contributed by atoms with Crippen molar-refractivity contribution in [2.45, 2.75) is 45.8 Å². The van der Waals surface area contributed by atoms with E-state index >= 15 is 0 Å². The molecule has 1 aliphatic rings. The van der Waals surface area contributed by atoms with Gasteiger partial charge in [-0.15, -0.1) is 0 Å². The molecule has 1 fully saturated rings. The van der Waals surface area contributed by atoms with Gasteiger partial charge in [0.15, 0.2) is 5.76 Å². The number of aromatic nitrogens is 2. The highest BCUT2D eigenvalue weighted by molar-refractivity contribution is 5.95. The van der Waals surface area contributed by atoms with Gasteiger partial charge in [-0.3, -0.25) is 14.3 Å². The fourth-order valence-electron chi connectivity index (χ4n) is 4.02. The lowest BCUT2D eigenvalue weighted by Gasteiger charge is -2.23. The highest BCUT2D eigenvalue weighted by atomic mass is 16.3. The Morgan fingerprint density at radius 1 is 1.17 bits per heavy atom. The third-order valence-electron chi connectivity index (χ3n) is 5.69. The summed E-state index contributed by atoms with van der Waals surface area (Å²) in [4.78, 5) is 27.1. The van der Waals surface area contributed by atoms with Gasteiger partial charge in [0.2, 0.25) is 5.91 Å². The van der Waals surface area contributed by atoms with Gasteiger partial charge in [0.05, 0.1) is 18.5 Å². The zero-order chi connectivity index (χ0) is 21.1. The van der Waals surface area contributed by atoms with E-state index in [2.05, 4.69) is 22.5 Å². The minimum Gasteiger partial charge on any atom is -0.459 e. The van der Waals surface area contributed by atoms with Gasteiger partial charge in [0.25, 0.3) is 5.91 Å². The zero-order valence-electron chi connectivity index (χ0n) is 17.3. The van der Waals surface area contributed by atoms with Crippen LogP contribution in [0, 0.1) is 13.8 Å². The van der Waals surface area contributed by atoms with Crippen LogP contribution in [0.4, 0.5) is 0 Å². The van der Waals surface area contributed by atoms with E-state index in [1.807, 2.05) is 36.7 Å². The molecule has 1 N–H and O–H groups in total. The fourth-order valence-corrected chi connectivity index (χ4v) is 4.02. The van der Waals surface area contributed by atoms with Crippen LogP contribution in [0.3, 0.4) is 0 Å². The Bertz CT molecular complexity index is 1020. The largest absolute Gasteiger partial charge is 0.459 e. The first-order chi connectivity index (χ1) is 14.5. The summed E-state index contributed by atoms with van der Waals surface area (Å²) in [6.45, 7) is 5.62. The van der Waals surface area contributed by atoms with Crippen molar-refractivity contribution in [3.63, 3.8) is 0 Å². The van der Waals surface area contributed by atoms with Crippen LogP contribution >= 0.6 is 0 Å². The molecule has 1 saturated heterocycles. The summed E-state index contributed by atoms with van der Waals surface area (Å²) >= 11 is 0. The lowest BCUT2D eigenvalue weighted by Crippen LogP contribution is -2.45. The molecular weight excluding hydrogens is 380 g/mol. The highest BCUT2D eigenvalue weighted by Crippen LogP contribution is 2.21. The number of nitrogens with one attached hydrogen (secondary N) is 1. The molecule has 0 saturated carbocycles. The normalized spacial score (nSPS) is 16.1. The maximum absolute atomic E-state index is 12.9. The van der Waals surface area contributed by atoms with E-state index in [1.54, 1.807) is 17.0 Å². The molecule has 0 radical (unpaired) electrons.